The molecule has 0 bridgehead atoms. The monoisotopic (exact) mass is 155 g/mol. The van der Waals surface area contributed by atoms with Gasteiger partial charge in [-0.1, -0.05) is 6.42 Å². The van der Waals surface area contributed by atoms with Crippen LogP contribution in [0.1, 0.15) is 32.1 Å². The summed E-state index contributed by atoms with van der Waals surface area (Å²) in [5, 5.41) is 0. The molecule has 1 rings (SSSR count). The summed E-state index contributed by atoms with van der Waals surface area (Å²) in [6.07, 6.45) is 6.45. The molecule has 0 aromatic carbocycles. The normalized spacial score (nSPS) is 19.4. The predicted molar refractivity (Wildman–Crippen MR) is 47.5 cm³/mol. The summed E-state index contributed by atoms with van der Waals surface area (Å²) in [7, 11) is 0. The molecule has 0 amide bonds. The molecule has 1 saturated heterocycles. The van der Waals surface area contributed by atoms with Crippen molar-refractivity contribution in [2.24, 2.45) is 0 Å². The van der Waals surface area contributed by atoms with E-state index in [1.807, 2.05) is 0 Å². The second-order valence-electron chi connectivity index (χ2n) is 3.36. The van der Waals surface area contributed by atoms with Gasteiger partial charge in [-0.05, 0) is 45.3 Å². The molecule has 0 unspecified atom stereocenters. The van der Waals surface area contributed by atoms with Gasteiger partial charge in [0.2, 0.25) is 0 Å². The van der Waals surface area contributed by atoms with Crippen molar-refractivity contribution in [1.82, 2.24) is 10.6 Å². The molecule has 1 N–H and O–H groups in total. The molecule has 0 atom stereocenters. The molecule has 0 spiro atoms. The van der Waals surface area contributed by atoms with E-state index in [-0.39, 0.29) is 0 Å². The average Bonchev–Trinajstić information content (AvgIpc) is 2.50. The Hall–Kier alpha value is -0.0800. The fourth-order valence-electron chi connectivity index (χ4n) is 1.64. The second kappa shape index (κ2) is 5.56. The maximum Gasteiger partial charge on any atom is 0.00997 e. The van der Waals surface area contributed by atoms with Crippen molar-refractivity contribution in [2.75, 3.05) is 26.2 Å². The smallest absolute Gasteiger partial charge is 0.00997 e. The Morgan fingerprint density at radius 2 is 1.73 bits per heavy atom. The van der Waals surface area contributed by atoms with Gasteiger partial charge >= 0.3 is 0 Å². The van der Waals surface area contributed by atoms with Crippen LogP contribution < -0.4 is 5.73 Å². The van der Waals surface area contributed by atoms with Crippen LogP contribution in [-0.4, -0.2) is 31.1 Å². The van der Waals surface area contributed by atoms with Crippen LogP contribution in [0.2, 0.25) is 0 Å². The van der Waals surface area contributed by atoms with E-state index >= 15 is 0 Å². The molecule has 1 fully saturated rings. The first-order valence-corrected chi connectivity index (χ1v) is 4.80. The summed E-state index contributed by atoms with van der Waals surface area (Å²) in [6.45, 7) is 4.53. The third-order valence-corrected chi connectivity index (χ3v) is 2.35. The quantitative estimate of drug-likeness (QED) is 0.553. The predicted octanol–water partition coefficient (Wildman–Crippen LogP) is 1.54. The minimum Gasteiger partial charge on any atom is -0.303 e. The van der Waals surface area contributed by atoms with Gasteiger partial charge in [0.15, 0.2) is 0 Å². The molecule has 1 heterocycles. The zero-order valence-electron chi connectivity index (χ0n) is 7.31. The Morgan fingerprint density at radius 3 is 2.36 bits per heavy atom. The van der Waals surface area contributed by atoms with Crippen LogP contribution in [0.4, 0.5) is 0 Å². The van der Waals surface area contributed by atoms with E-state index in [2.05, 4.69) is 4.90 Å². The first-order chi connectivity index (χ1) is 5.43. The number of hydrogen-bond acceptors (Lipinski definition) is 1. The SMILES string of the molecule is [NH]CCCCCN1CCCC1. The maximum absolute atomic E-state index is 6.98. The van der Waals surface area contributed by atoms with Crippen LogP contribution >= 0.6 is 0 Å². The van der Waals surface area contributed by atoms with E-state index in [9.17, 15) is 0 Å². The number of hydrogen-bond donors (Lipinski definition) is 0. The van der Waals surface area contributed by atoms with E-state index in [4.69, 9.17) is 5.73 Å². The lowest BCUT2D eigenvalue weighted by Crippen LogP contribution is -2.20. The summed E-state index contributed by atoms with van der Waals surface area (Å²) in [6, 6.07) is 0. The van der Waals surface area contributed by atoms with E-state index in [0.29, 0.717) is 6.54 Å². The van der Waals surface area contributed by atoms with Crippen LogP contribution in [-0.2, 0) is 0 Å². The molecule has 1 aliphatic heterocycles. The largest absolute Gasteiger partial charge is 0.303 e. The molecule has 2 nitrogen and oxygen atoms in total. The van der Waals surface area contributed by atoms with Crippen molar-refractivity contribution in [3.05, 3.63) is 0 Å². The average molecular weight is 155 g/mol. The van der Waals surface area contributed by atoms with Gasteiger partial charge in [-0.3, -0.25) is 5.73 Å². The molecule has 11 heavy (non-hydrogen) atoms. The summed E-state index contributed by atoms with van der Waals surface area (Å²) in [5.74, 6) is 0. The molecule has 0 aliphatic carbocycles. The third-order valence-electron chi connectivity index (χ3n) is 2.35. The Balaban J connectivity index is 1.86. The third kappa shape index (κ3) is 3.73. The molecule has 1 aliphatic rings. The van der Waals surface area contributed by atoms with Gasteiger partial charge in [-0.15, -0.1) is 0 Å². The van der Waals surface area contributed by atoms with Crippen LogP contribution in [0.25, 0.3) is 0 Å². The van der Waals surface area contributed by atoms with E-state index in [1.165, 1.54) is 45.3 Å². The lowest BCUT2D eigenvalue weighted by Gasteiger charge is -2.13. The lowest BCUT2D eigenvalue weighted by atomic mass is 10.2. The highest BCUT2D eigenvalue weighted by Crippen LogP contribution is 2.08. The van der Waals surface area contributed by atoms with Crippen LogP contribution in [0.5, 0.6) is 0 Å². The van der Waals surface area contributed by atoms with E-state index in [1.54, 1.807) is 0 Å². The van der Waals surface area contributed by atoms with Gasteiger partial charge in [0.1, 0.15) is 0 Å². The summed E-state index contributed by atoms with van der Waals surface area (Å²) in [4.78, 5) is 2.55. The van der Waals surface area contributed by atoms with Crippen LogP contribution in [0.3, 0.4) is 0 Å². The standard InChI is InChI=1S/C9H19N2/c10-6-2-1-3-7-11-8-4-5-9-11/h10H,1-9H2. The summed E-state index contributed by atoms with van der Waals surface area (Å²) in [5.41, 5.74) is 6.98. The van der Waals surface area contributed by atoms with Gasteiger partial charge in [0.25, 0.3) is 0 Å². The van der Waals surface area contributed by atoms with Crippen LogP contribution in [0, 0.1) is 0 Å². The Labute approximate surface area is 69.8 Å². The second-order valence-corrected chi connectivity index (χ2v) is 3.36. The zero-order chi connectivity index (χ0) is 7.94. The Morgan fingerprint density at radius 1 is 1.00 bits per heavy atom. The van der Waals surface area contributed by atoms with Crippen LogP contribution in [0.15, 0.2) is 0 Å². The van der Waals surface area contributed by atoms with Gasteiger partial charge in [0, 0.05) is 6.54 Å². The molecular formula is C9H19N2. The topological polar surface area (TPSA) is 27.0 Å². The highest BCUT2D eigenvalue weighted by atomic mass is 15.1. The first kappa shape index (κ1) is 9.01. The van der Waals surface area contributed by atoms with E-state index < -0.39 is 0 Å². The minimum atomic E-state index is 0.611. The van der Waals surface area contributed by atoms with E-state index in [0.717, 1.165) is 6.42 Å². The maximum atomic E-state index is 6.98. The molecule has 2 heteroatoms. The Kier molecular flexibility index (Phi) is 4.55. The van der Waals surface area contributed by atoms with Crippen molar-refractivity contribution >= 4 is 0 Å². The fraction of sp³-hybridized carbons (Fsp3) is 1.00. The van der Waals surface area contributed by atoms with Crippen molar-refractivity contribution < 1.29 is 0 Å². The molecule has 65 valence electrons. The van der Waals surface area contributed by atoms with Gasteiger partial charge in [-0.2, -0.15) is 0 Å². The van der Waals surface area contributed by atoms with Gasteiger partial charge in [-0.25, -0.2) is 0 Å². The molecular weight excluding hydrogens is 136 g/mol. The molecule has 1 radical (unpaired) electrons. The number of unbranched alkanes of at least 4 members (excludes halogenated alkanes) is 2. The number of nitrogens with zero attached hydrogens (tertiary/aromatic N) is 1. The summed E-state index contributed by atoms with van der Waals surface area (Å²) >= 11 is 0. The fourth-order valence-corrected chi connectivity index (χ4v) is 1.64. The van der Waals surface area contributed by atoms with Gasteiger partial charge < -0.3 is 4.90 Å². The van der Waals surface area contributed by atoms with Crippen molar-refractivity contribution in [3.8, 4) is 0 Å². The number of likely N-dealkylation sites (tertiary alicyclic amines) is 1. The van der Waals surface area contributed by atoms with Crippen molar-refractivity contribution in [1.29, 1.82) is 0 Å². The minimum absolute atomic E-state index is 0.611. The highest BCUT2D eigenvalue weighted by Gasteiger charge is 2.09. The Bertz CT molecular complexity index is 87.6. The number of nitrogens with one attached hydrogen (secondary N) is 1. The zero-order valence-corrected chi connectivity index (χ0v) is 7.31. The molecule has 0 aromatic rings. The van der Waals surface area contributed by atoms with Gasteiger partial charge in [0.05, 0.1) is 0 Å². The van der Waals surface area contributed by atoms with Crippen molar-refractivity contribution in [2.45, 2.75) is 32.1 Å². The molecule has 0 aromatic heterocycles. The highest BCUT2D eigenvalue weighted by molar-refractivity contribution is 4.65. The summed E-state index contributed by atoms with van der Waals surface area (Å²) < 4.78 is 0. The number of rotatable bonds is 5. The first-order valence-electron chi connectivity index (χ1n) is 4.80. The molecule has 0 saturated carbocycles. The lowest BCUT2D eigenvalue weighted by molar-refractivity contribution is 0.329. The van der Waals surface area contributed by atoms with Crippen molar-refractivity contribution in [3.63, 3.8) is 0 Å².